The van der Waals surface area contributed by atoms with Crippen LogP contribution in [-0.4, -0.2) is 24.8 Å². The van der Waals surface area contributed by atoms with Crippen LogP contribution in [0.4, 0.5) is 0 Å². The Balaban J connectivity index is 2.01. The standard InChI is InChI=1S/C20H32O3/c1-4-22-19(21)16-12-10-8-6-5-7-9-11-14-18-15-13-17-23-20(18,2)3/h15H,4-10,12-13,16-17H2,1-3H3. The molecule has 0 spiro atoms. The lowest BCUT2D eigenvalue weighted by Gasteiger charge is -2.29. The van der Waals surface area contributed by atoms with Gasteiger partial charge in [0.25, 0.3) is 0 Å². The summed E-state index contributed by atoms with van der Waals surface area (Å²) in [5, 5.41) is 0. The number of rotatable bonds is 9. The lowest BCUT2D eigenvalue weighted by molar-refractivity contribution is -0.143. The van der Waals surface area contributed by atoms with Crippen molar-refractivity contribution in [1.82, 2.24) is 0 Å². The SMILES string of the molecule is CCOC(=O)CCCCCCCCC#CC1=CCCOC1(C)C. The van der Waals surface area contributed by atoms with Gasteiger partial charge in [-0.15, -0.1) is 0 Å². The molecule has 0 aromatic rings. The molecule has 1 aliphatic heterocycles. The van der Waals surface area contributed by atoms with Gasteiger partial charge >= 0.3 is 5.97 Å². The number of hydrogen-bond donors (Lipinski definition) is 0. The third-order valence-electron chi connectivity index (χ3n) is 4.04. The Kier molecular flexibility index (Phi) is 9.71. The zero-order valence-electron chi connectivity index (χ0n) is 15.1. The topological polar surface area (TPSA) is 35.5 Å². The maximum Gasteiger partial charge on any atom is 0.305 e. The predicted octanol–water partition coefficient (Wildman–Crippen LogP) is 4.80. The van der Waals surface area contributed by atoms with Gasteiger partial charge in [-0.25, -0.2) is 0 Å². The molecule has 0 radical (unpaired) electrons. The first-order valence-electron chi connectivity index (χ1n) is 9.05. The number of unbranched alkanes of at least 4 members (excludes halogenated alkanes) is 6. The van der Waals surface area contributed by atoms with Crippen molar-refractivity contribution >= 4 is 5.97 Å². The lowest BCUT2D eigenvalue weighted by Crippen LogP contribution is -2.30. The van der Waals surface area contributed by atoms with Gasteiger partial charge in [0.2, 0.25) is 0 Å². The second-order valence-corrected chi connectivity index (χ2v) is 6.49. The molecule has 0 N–H and O–H groups in total. The Morgan fingerprint density at radius 1 is 1.22 bits per heavy atom. The van der Waals surface area contributed by atoms with E-state index in [-0.39, 0.29) is 11.6 Å². The molecule has 0 aromatic heterocycles. The summed E-state index contributed by atoms with van der Waals surface area (Å²) in [4.78, 5) is 11.2. The summed E-state index contributed by atoms with van der Waals surface area (Å²) in [6.07, 6.45) is 11.5. The Hall–Kier alpha value is -1.27. The second-order valence-electron chi connectivity index (χ2n) is 6.49. The summed E-state index contributed by atoms with van der Waals surface area (Å²) in [7, 11) is 0. The van der Waals surface area contributed by atoms with Crippen LogP contribution >= 0.6 is 0 Å². The van der Waals surface area contributed by atoms with Crippen molar-refractivity contribution in [1.29, 1.82) is 0 Å². The third kappa shape index (κ3) is 8.81. The molecule has 0 bridgehead atoms. The smallest absolute Gasteiger partial charge is 0.305 e. The van der Waals surface area contributed by atoms with Crippen LogP contribution in [0.3, 0.4) is 0 Å². The van der Waals surface area contributed by atoms with Gasteiger partial charge in [-0.3, -0.25) is 4.79 Å². The van der Waals surface area contributed by atoms with Gasteiger partial charge in [0.1, 0.15) is 0 Å². The van der Waals surface area contributed by atoms with Crippen molar-refractivity contribution in [2.75, 3.05) is 13.2 Å². The Bertz CT molecular complexity index is 438. The van der Waals surface area contributed by atoms with E-state index < -0.39 is 0 Å². The molecule has 1 aliphatic rings. The fourth-order valence-electron chi connectivity index (χ4n) is 2.62. The average Bonchev–Trinajstić information content (AvgIpc) is 2.50. The van der Waals surface area contributed by atoms with E-state index in [0.29, 0.717) is 13.0 Å². The van der Waals surface area contributed by atoms with Crippen molar-refractivity contribution in [3.8, 4) is 11.8 Å². The molecule has 1 heterocycles. The van der Waals surface area contributed by atoms with E-state index in [1.807, 2.05) is 6.92 Å². The molecule has 0 amide bonds. The molecule has 0 saturated heterocycles. The van der Waals surface area contributed by atoms with Crippen molar-refractivity contribution in [2.45, 2.75) is 84.2 Å². The minimum Gasteiger partial charge on any atom is -0.466 e. The van der Waals surface area contributed by atoms with Crippen molar-refractivity contribution in [3.05, 3.63) is 11.6 Å². The van der Waals surface area contributed by atoms with Crippen LogP contribution in [0.15, 0.2) is 11.6 Å². The fraction of sp³-hybridized carbons (Fsp3) is 0.750. The summed E-state index contributed by atoms with van der Waals surface area (Å²) in [6, 6.07) is 0. The summed E-state index contributed by atoms with van der Waals surface area (Å²) < 4.78 is 10.7. The van der Waals surface area contributed by atoms with Crippen LogP contribution in [0.2, 0.25) is 0 Å². The summed E-state index contributed by atoms with van der Waals surface area (Å²) in [6.45, 7) is 7.31. The first kappa shape index (κ1) is 19.8. The molecular weight excluding hydrogens is 288 g/mol. The first-order valence-corrected chi connectivity index (χ1v) is 9.05. The zero-order chi connectivity index (χ0) is 17.0. The van der Waals surface area contributed by atoms with Gasteiger partial charge < -0.3 is 9.47 Å². The zero-order valence-corrected chi connectivity index (χ0v) is 15.1. The molecule has 0 atom stereocenters. The Morgan fingerprint density at radius 2 is 1.91 bits per heavy atom. The minimum absolute atomic E-state index is 0.0632. The number of esters is 1. The lowest BCUT2D eigenvalue weighted by atomic mass is 9.95. The van der Waals surface area contributed by atoms with Gasteiger partial charge in [0, 0.05) is 18.4 Å². The molecule has 1 rings (SSSR count). The highest BCUT2D eigenvalue weighted by Gasteiger charge is 2.25. The molecule has 130 valence electrons. The third-order valence-corrected chi connectivity index (χ3v) is 4.04. The van der Waals surface area contributed by atoms with Crippen LogP contribution in [0.1, 0.15) is 78.6 Å². The van der Waals surface area contributed by atoms with E-state index >= 15 is 0 Å². The van der Waals surface area contributed by atoms with Crippen LogP contribution in [-0.2, 0) is 14.3 Å². The Morgan fingerprint density at radius 3 is 2.61 bits per heavy atom. The van der Waals surface area contributed by atoms with Crippen LogP contribution in [0.25, 0.3) is 0 Å². The largest absolute Gasteiger partial charge is 0.466 e. The summed E-state index contributed by atoms with van der Waals surface area (Å²) in [5.41, 5.74) is 0.909. The molecule has 23 heavy (non-hydrogen) atoms. The normalized spacial score (nSPS) is 16.2. The molecule has 3 heteroatoms. The van der Waals surface area contributed by atoms with Gasteiger partial charge in [0.15, 0.2) is 0 Å². The molecule has 0 aliphatic carbocycles. The highest BCUT2D eigenvalue weighted by Crippen LogP contribution is 2.24. The van der Waals surface area contributed by atoms with E-state index in [1.54, 1.807) is 0 Å². The number of ether oxygens (including phenoxy) is 2. The quantitative estimate of drug-likeness (QED) is 0.348. The maximum atomic E-state index is 11.2. The van der Waals surface area contributed by atoms with Crippen LogP contribution in [0, 0.1) is 11.8 Å². The van der Waals surface area contributed by atoms with Crippen molar-refractivity contribution in [3.63, 3.8) is 0 Å². The van der Waals surface area contributed by atoms with Crippen molar-refractivity contribution in [2.24, 2.45) is 0 Å². The van der Waals surface area contributed by atoms with Gasteiger partial charge in [-0.1, -0.05) is 43.6 Å². The molecule has 0 aromatic carbocycles. The van der Waals surface area contributed by atoms with E-state index in [1.165, 1.54) is 19.3 Å². The van der Waals surface area contributed by atoms with Gasteiger partial charge in [-0.05, 0) is 40.0 Å². The molecular formula is C20H32O3. The monoisotopic (exact) mass is 320 g/mol. The second kappa shape index (κ2) is 11.3. The van der Waals surface area contributed by atoms with Crippen LogP contribution < -0.4 is 0 Å². The number of hydrogen-bond acceptors (Lipinski definition) is 3. The Labute approximate surface area is 141 Å². The number of carbonyl (C=O) groups is 1. The van der Waals surface area contributed by atoms with Crippen molar-refractivity contribution < 1.29 is 14.3 Å². The minimum atomic E-state index is -0.218. The van der Waals surface area contributed by atoms with E-state index in [4.69, 9.17) is 9.47 Å². The maximum absolute atomic E-state index is 11.2. The van der Waals surface area contributed by atoms with E-state index in [2.05, 4.69) is 31.8 Å². The predicted molar refractivity (Wildman–Crippen MR) is 94.1 cm³/mol. The first-order chi connectivity index (χ1) is 11.1. The van der Waals surface area contributed by atoms with Crippen LogP contribution in [0.5, 0.6) is 0 Å². The molecule has 0 fully saturated rings. The fourth-order valence-corrected chi connectivity index (χ4v) is 2.62. The highest BCUT2D eigenvalue weighted by molar-refractivity contribution is 5.69. The van der Waals surface area contributed by atoms with Gasteiger partial charge in [0.05, 0.1) is 18.8 Å². The molecule has 0 saturated carbocycles. The average molecular weight is 320 g/mol. The molecule has 3 nitrogen and oxygen atoms in total. The highest BCUT2D eigenvalue weighted by atomic mass is 16.5. The van der Waals surface area contributed by atoms with E-state index in [0.717, 1.165) is 44.3 Å². The number of carbonyl (C=O) groups excluding carboxylic acids is 1. The van der Waals surface area contributed by atoms with Gasteiger partial charge in [-0.2, -0.15) is 0 Å². The van der Waals surface area contributed by atoms with E-state index in [9.17, 15) is 4.79 Å². The molecule has 0 unspecified atom stereocenters. The summed E-state index contributed by atoms with van der Waals surface area (Å²) in [5.74, 6) is 6.50. The summed E-state index contributed by atoms with van der Waals surface area (Å²) >= 11 is 0.